The van der Waals surface area contributed by atoms with E-state index in [1.54, 1.807) is 57.2 Å². The summed E-state index contributed by atoms with van der Waals surface area (Å²) >= 11 is 12.0. The molecule has 1 aromatic heterocycles. The van der Waals surface area contributed by atoms with Gasteiger partial charge in [0.05, 0.1) is 16.9 Å². The van der Waals surface area contributed by atoms with Crippen molar-refractivity contribution in [2.75, 3.05) is 4.90 Å². The van der Waals surface area contributed by atoms with Crippen molar-refractivity contribution in [3.63, 3.8) is 0 Å². The Kier molecular flexibility index (Phi) is 6.39. The highest BCUT2D eigenvalue weighted by Crippen LogP contribution is 2.29. The lowest BCUT2D eigenvalue weighted by Gasteiger charge is -2.27. The Bertz CT molecular complexity index is 1040. The summed E-state index contributed by atoms with van der Waals surface area (Å²) in [6.07, 6.45) is 0.652. The number of carbonyl (C=O) groups is 2. The zero-order valence-electron chi connectivity index (χ0n) is 16.6. The first-order chi connectivity index (χ1) is 14.2. The Morgan fingerprint density at radius 1 is 0.867 bits per heavy atom. The number of hydrogen-bond donors (Lipinski definition) is 0. The maximum absolute atomic E-state index is 12.9. The normalized spacial score (nSPS) is 11.1. The molecule has 3 rings (SSSR count). The van der Waals surface area contributed by atoms with Gasteiger partial charge >= 0.3 is 6.09 Å². The summed E-state index contributed by atoms with van der Waals surface area (Å²) in [7, 11) is 0. The summed E-state index contributed by atoms with van der Waals surface area (Å²) in [5, 5.41) is -0.0486. The molecule has 0 atom stereocenters. The van der Waals surface area contributed by atoms with E-state index in [1.807, 2.05) is 18.2 Å². The Hall–Kier alpha value is -2.96. The minimum absolute atomic E-state index is 0.0243. The van der Waals surface area contributed by atoms with Gasteiger partial charge in [0.15, 0.2) is 5.78 Å². The number of rotatable bonds is 4. The van der Waals surface area contributed by atoms with Gasteiger partial charge in [-0.15, -0.1) is 0 Å². The van der Waals surface area contributed by atoms with Gasteiger partial charge in [-0.25, -0.2) is 19.7 Å². The van der Waals surface area contributed by atoms with Crippen LogP contribution in [-0.2, 0) is 4.74 Å². The van der Waals surface area contributed by atoms with E-state index in [9.17, 15) is 9.59 Å². The molecule has 0 aliphatic heterocycles. The summed E-state index contributed by atoms with van der Waals surface area (Å²) in [5.41, 5.74) is 0.859. The average Bonchev–Trinajstić information content (AvgIpc) is 2.68. The van der Waals surface area contributed by atoms with E-state index in [0.29, 0.717) is 16.9 Å². The van der Waals surface area contributed by atoms with Crippen molar-refractivity contribution in [3.05, 3.63) is 82.4 Å². The van der Waals surface area contributed by atoms with Crippen molar-refractivity contribution in [2.24, 2.45) is 0 Å². The highest BCUT2D eigenvalue weighted by Gasteiger charge is 2.25. The number of carbonyl (C=O) groups excluding carboxylic acids is 2. The number of ketones is 1. The molecule has 154 valence electrons. The quantitative estimate of drug-likeness (QED) is 0.360. The van der Waals surface area contributed by atoms with Crippen molar-refractivity contribution in [3.8, 4) is 0 Å². The topological polar surface area (TPSA) is 72.4 Å². The van der Waals surface area contributed by atoms with E-state index in [2.05, 4.69) is 9.97 Å². The number of ether oxygens (including phenoxy) is 1. The zero-order valence-corrected chi connectivity index (χ0v) is 18.1. The van der Waals surface area contributed by atoms with E-state index in [-0.39, 0.29) is 15.9 Å². The first kappa shape index (κ1) is 21.7. The first-order valence-electron chi connectivity index (χ1n) is 9.06. The van der Waals surface area contributed by atoms with Crippen LogP contribution in [0.2, 0.25) is 10.3 Å². The molecule has 0 fully saturated rings. The number of benzene rings is 2. The van der Waals surface area contributed by atoms with E-state index < -0.39 is 17.5 Å². The highest BCUT2D eigenvalue weighted by molar-refractivity contribution is 6.39. The second-order valence-corrected chi connectivity index (χ2v) is 8.07. The van der Waals surface area contributed by atoms with E-state index in [1.165, 1.54) is 11.2 Å². The van der Waals surface area contributed by atoms with Crippen LogP contribution >= 0.6 is 23.2 Å². The van der Waals surface area contributed by atoms with Crippen molar-refractivity contribution in [2.45, 2.75) is 26.4 Å². The van der Waals surface area contributed by atoms with Crippen LogP contribution in [0.15, 0.2) is 60.9 Å². The summed E-state index contributed by atoms with van der Waals surface area (Å²) in [5.74, 6) is -0.416. The molecular formula is C22H19Cl2N3O3. The van der Waals surface area contributed by atoms with Crippen LogP contribution in [0.5, 0.6) is 0 Å². The molecule has 1 heterocycles. The van der Waals surface area contributed by atoms with Gasteiger partial charge < -0.3 is 4.74 Å². The Balaban J connectivity index is 1.96. The fraction of sp³-hybridized carbons (Fsp3) is 0.182. The number of nitrogens with zero attached hydrogens (tertiary/aromatic N) is 3. The van der Waals surface area contributed by atoms with Crippen molar-refractivity contribution in [1.82, 2.24) is 9.97 Å². The minimum atomic E-state index is -0.666. The van der Waals surface area contributed by atoms with Gasteiger partial charge in [0.25, 0.3) is 0 Å². The molecule has 30 heavy (non-hydrogen) atoms. The number of halogens is 2. The first-order valence-corrected chi connectivity index (χ1v) is 9.82. The third-order valence-electron chi connectivity index (χ3n) is 3.96. The van der Waals surface area contributed by atoms with E-state index in [4.69, 9.17) is 27.9 Å². The highest BCUT2D eigenvalue weighted by atomic mass is 35.5. The van der Waals surface area contributed by atoms with E-state index in [0.717, 1.165) is 0 Å². The van der Waals surface area contributed by atoms with E-state index >= 15 is 0 Å². The summed E-state index contributed by atoms with van der Waals surface area (Å²) < 4.78 is 5.56. The number of hydrogen-bond acceptors (Lipinski definition) is 5. The van der Waals surface area contributed by atoms with Gasteiger partial charge in [0.1, 0.15) is 22.2 Å². The van der Waals surface area contributed by atoms with Gasteiger partial charge in [0, 0.05) is 5.56 Å². The van der Waals surface area contributed by atoms with Crippen LogP contribution in [0.1, 0.15) is 36.7 Å². The maximum atomic E-state index is 12.9. The molecule has 0 N–H and O–H groups in total. The lowest BCUT2D eigenvalue weighted by Crippen LogP contribution is -2.33. The molecule has 0 saturated carbocycles. The molecule has 0 unspecified atom stereocenters. The lowest BCUT2D eigenvalue weighted by molar-refractivity contribution is 0.0599. The van der Waals surface area contributed by atoms with Crippen molar-refractivity contribution in [1.29, 1.82) is 0 Å². The molecule has 8 heteroatoms. The summed E-state index contributed by atoms with van der Waals surface area (Å²) in [6.45, 7) is 5.39. The van der Waals surface area contributed by atoms with Gasteiger partial charge in [-0.2, -0.15) is 0 Å². The van der Waals surface area contributed by atoms with Crippen LogP contribution in [-0.4, -0.2) is 27.4 Å². The van der Waals surface area contributed by atoms with Gasteiger partial charge in [-0.05, 0) is 57.2 Å². The Morgan fingerprint density at radius 3 is 1.93 bits per heavy atom. The molecule has 3 aromatic rings. The predicted molar refractivity (Wildman–Crippen MR) is 117 cm³/mol. The van der Waals surface area contributed by atoms with Crippen molar-refractivity contribution >= 4 is 46.5 Å². The largest absolute Gasteiger partial charge is 0.443 e. The third kappa shape index (κ3) is 4.96. The van der Waals surface area contributed by atoms with Crippen LogP contribution in [0.3, 0.4) is 0 Å². The molecular weight excluding hydrogens is 425 g/mol. The average molecular weight is 444 g/mol. The van der Waals surface area contributed by atoms with Gasteiger partial charge in [-0.1, -0.05) is 41.4 Å². The molecule has 0 radical (unpaired) electrons. The Labute approximate surface area is 184 Å². The third-order valence-corrected chi connectivity index (χ3v) is 4.53. The molecule has 0 saturated heterocycles. The summed E-state index contributed by atoms with van der Waals surface area (Å²) in [6, 6.07) is 15.6. The van der Waals surface area contributed by atoms with Gasteiger partial charge in [-0.3, -0.25) is 4.79 Å². The smallest absolute Gasteiger partial charge is 0.419 e. The Morgan fingerprint density at radius 2 is 1.40 bits per heavy atom. The molecule has 1 amide bonds. The predicted octanol–water partition coefficient (Wildman–Crippen LogP) is 6.09. The minimum Gasteiger partial charge on any atom is -0.443 e. The van der Waals surface area contributed by atoms with Crippen LogP contribution < -0.4 is 4.90 Å². The number of aromatic nitrogens is 2. The second kappa shape index (κ2) is 8.81. The van der Waals surface area contributed by atoms with Crippen LogP contribution in [0, 0.1) is 0 Å². The van der Waals surface area contributed by atoms with Crippen LogP contribution in [0.4, 0.5) is 16.2 Å². The molecule has 0 spiro atoms. The zero-order chi connectivity index (χ0) is 21.9. The summed E-state index contributed by atoms with van der Waals surface area (Å²) in [4.78, 5) is 34.7. The fourth-order valence-electron chi connectivity index (χ4n) is 2.68. The van der Waals surface area contributed by atoms with Crippen LogP contribution in [0.25, 0.3) is 0 Å². The molecule has 6 nitrogen and oxygen atoms in total. The van der Waals surface area contributed by atoms with Crippen molar-refractivity contribution < 1.29 is 14.3 Å². The molecule has 2 aromatic carbocycles. The SMILES string of the molecule is CC(C)(C)OC(=O)N(c1ccccc1)c1ccc(C(=O)c2c(Cl)ncnc2Cl)cc1. The molecule has 0 aliphatic carbocycles. The maximum Gasteiger partial charge on any atom is 0.419 e. The monoisotopic (exact) mass is 443 g/mol. The number of anilines is 2. The fourth-order valence-corrected chi connectivity index (χ4v) is 3.17. The molecule has 0 bridgehead atoms. The number of amides is 1. The molecule has 0 aliphatic rings. The lowest BCUT2D eigenvalue weighted by atomic mass is 10.1. The standard InChI is InChI=1S/C22H19Cl2N3O3/c1-22(2,3)30-21(29)27(15-7-5-4-6-8-15)16-11-9-14(10-12-16)18(28)17-19(23)25-13-26-20(17)24/h4-13H,1-3H3. The van der Waals surface area contributed by atoms with Gasteiger partial charge in [0.2, 0.25) is 0 Å². The number of para-hydroxylation sites is 1. The second-order valence-electron chi connectivity index (χ2n) is 7.36.